The molecule has 0 fully saturated rings. The molecular weight excluding hydrogens is 241 g/mol. The van der Waals surface area contributed by atoms with Gasteiger partial charge >= 0.3 is 0 Å². The lowest BCUT2D eigenvalue weighted by molar-refractivity contribution is 0.102. The molecule has 1 rings (SSSR count). The van der Waals surface area contributed by atoms with E-state index in [2.05, 4.69) is 19.2 Å². The second-order valence-corrected chi connectivity index (χ2v) is 4.90. The van der Waals surface area contributed by atoms with Crippen molar-refractivity contribution in [1.29, 1.82) is 0 Å². The highest BCUT2D eigenvalue weighted by molar-refractivity contribution is 5.44. The van der Waals surface area contributed by atoms with E-state index in [0.29, 0.717) is 24.8 Å². The SMILES string of the molecule is CCCCC(CC)COCCNc1ccccc1F. The van der Waals surface area contributed by atoms with Gasteiger partial charge in [0.25, 0.3) is 0 Å². The minimum absolute atomic E-state index is 0.211. The average Bonchev–Trinajstić information content (AvgIpc) is 2.43. The molecule has 1 unspecified atom stereocenters. The summed E-state index contributed by atoms with van der Waals surface area (Å²) in [5, 5.41) is 3.05. The Bertz CT molecular complexity index is 343. The molecule has 1 atom stereocenters. The van der Waals surface area contributed by atoms with Crippen LogP contribution >= 0.6 is 0 Å². The Hall–Kier alpha value is -1.09. The highest BCUT2D eigenvalue weighted by Gasteiger charge is 2.05. The molecule has 0 saturated heterocycles. The Morgan fingerprint density at radius 1 is 1.26 bits per heavy atom. The van der Waals surface area contributed by atoms with Crippen molar-refractivity contribution in [2.75, 3.05) is 25.1 Å². The van der Waals surface area contributed by atoms with Gasteiger partial charge in [0.05, 0.1) is 12.3 Å². The Kier molecular flexibility index (Phi) is 8.23. The molecular formula is C16H26FNO. The molecule has 0 aliphatic rings. The van der Waals surface area contributed by atoms with Crippen LogP contribution in [0.15, 0.2) is 24.3 Å². The van der Waals surface area contributed by atoms with Gasteiger partial charge in [0.15, 0.2) is 0 Å². The number of hydrogen-bond acceptors (Lipinski definition) is 2. The average molecular weight is 267 g/mol. The van der Waals surface area contributed by atoms with Crippen molar-refractivity contribution in [2.45, 2.75) is 39.5 Å². The molecule has 19 heavy (non-hydrogen) atoms. The standard InChI is InChI=1S/C16H26FNO/c1-3-5-8-14(4-2)13-19-12-11-18-16-10-7-6-9-15(16)17/h6-7,9-10,14,18H,3-5,8,11-13H2,1-2H3. The monoisotopic (exact) mass is 267 g/mol. The van der Waals surface area contributed by atoms with Gasteiger partial charge in [-0.2, -0.15) is 0 Å². The van der Waals surface area contributed by atoms with Gasteiger partial charge < -0.3 is 10.1 Å². The fourth-order valence-corrected chi connectivity index (χ4v) is 2.01. The lowest BCUT2D eigenvalue weighted by Crippen LogP contribution is -2.15. The number of ether oxygens (including phenoxy) is 1. The van der Waals surface area contributed by atoms with E-state index < -0.39 is 0 Å². The molecule has 108 valence electrons. The molecule has 0 saturated carbocycles. The molecule has 1 aromatic rings. The highest BCUT2D eigenvalue weighted by atomic mass is 19.1. The number of para-hydroxylation sites is 1. The molecule has 0 spiro atoms. The maximum atomic E-state index is 13.3. The van der Waals surface area contributed by atoms with E-state index >= 15 is 0 Å². The lowest BCUT2D eigenvalue weighted by atomic mass is 10.0. The minimum Gasteiger partial charge on any atom is -0.380 e. The fraction of sp³-hybridized carbons (Fsp3) is 0.625. The van der Waals surface area contributed by atoms with Crippen LogP contribution in [-0.4, -0.2) is 19.8 Å². The first-order valence-corrected chi connectivity index (χ1v) is 7.34. The van der Waals surface area contributed by atoms with Crippen LogP contribution in [-0.2, 0) is 4.74 Å². The van der Waals surface area contributed by atoms with Crippen LogP contribution < -0.4 is 5.32 Å². The number of unbranched alkanes of at least 4 members (excludes halogenated alkanes) is 1. The summed E-state index contributed by atoms with van der Waals surface area (Å²) in [4.78, 5) is 0. The molecule has 3 heteroatoms. The van der Waals surface area contributed by atoms with Crippen molar-refractivity contribution in [3.63, 3.8) is 0 Å². The summed E-state index contributed by atoms with van der Waals surface area (Å²) in [6.45, 7) is 6.50. The second kappa shape index (κ2) is 9.79. The third-order valence-electron chi connectivity index (χ3n) is 3.33. The second-order valence-electron chi connectivity index (χ2n) is 4.90. The van der Waals surface area contributed by atoms with Gasteiger partial charge in [-0.1, -0.05) is 45.2 Å². The summed E-state index contributed by atoms with van der Waals surface area (Å²) in [6, 6.07) is 6.72. The first-order chi connectivity index (χ1) is 9.27. The summed E-state index contributed by atoms with van der Waals surface area (Å²) in [7, 11) is 0. The van der Waals surface area contributed by atoms with Gasteiger partial charge in [0, 0.05) is 13.2 Å². The molecule has 0 heterocycles. The van der Waals surface area contributed by atoms with Crippen LogP contribution in [0.3, 0.4) is 0 Å². The zero-order valence-electron chi connectivity index (χ0n) is 12.1. The topological polar surface area (TPSA) is 21.3 Å². The maximum Gasteiger partial charge on any atom is 0.146 e. The third kappa shape index (κ3) is 6.58. The summed E-state index contributed by atoms with van der Waals surface area (Å²) in [5.41, 5.74) is 0.545. The summed E-state index contributed by atoms with van der Waals surface area (Å²) < 4.78 is 19.0. The van der Waals surface area contributed by atoms with Crippen LogP contribution in [0.5, 0.6) is 0 Å². The molecule has 2 nitrogen and oxygen atoms in total. The molecule has 0 aliphatic carbocycles. The predicted octanol–water partition coefficient (Wildman–Crippen LogP) is 4.47. The Morgan fingerprint density at radius 3 is 2.74 bits per heavy atom. The first-order valence-electron chi connectivity index (χ1n) is 7.34. The van der Waals surface area contributed by atoms with E-state index in [1.165, 1.54) is 31.7 Å². The molecule has 0 bridgehead atoms. The molecule has 0 radical (unpaired) electrons. The van der Waals surface area contributed by atoms with Crippen LogP contribution in [0.4, 0.5) is 10.1 Å². The largest absolute Gasteiger partial charge is 0.380 e. The van der Waals surface area contributed by atoms with Crippen molar-refractivity contribution in [1.82, 2.24) is 0 Å². The zero-order valence-corrected chi connectivity index (χ0v) is 12.1. The number of rotatable bonds is 10. The fourth-order valence-electron chi connectivity index (χ4n) is 2.01. The number of benzene rings is 1. The normalized spacial score (nSPS) is 12.4. The zero-order chi connectivity index (χ0) is 13.9. The number of hydrogen-bond donors (Lipinski definition) is 1. The van der Waals surface area contributed by atoms with E-state index in [0.717, 1.165) is 6.61 Å². The Balaban J connectivity index is 2.12. The molecule has 1 aromatic carbocycles. The van der Waals surface area contributed by atoms with Crippen LogP contribution in [0.25, 0.3) is 0 Å². The van der Waals surface area contributed by atoms with Gasteiger partial charge in [-0.05, 0) is 24.5 Å². The molecule has 1 N–H and O–H groups in total. The molecule has 0 aliphatic heterocycles. The smallest absolute Gasteiger partial charge is 0.146 e. The first kappa shape index (κ1) is 16.0. The summed E-state index contributed by atoms with van der Waals surface area (Å²) in [6.07, 6.45) is 4.93. The van der Waals surface area contributed by atoms with E-state index in [1.54, 1.807) is 12.1 Å². The van der Waals surface area contributed by atoms with Crippen LogP contribution in [0.1, 0.15) is 39.5 Å². The van der Waals surface area contributed by atoms with Crippen molar-refractivity contribution in [3.8, 4) is 0 Å². The minimum atomic E-state index is -0.211. The highest BCUT2D eigenvalue weighted by Crippen LogP contribution is 2.13. The van der Waals surface area contributed by atoms with E-state index in [-0.39, 0.29) is 5.82 Å². The van der Waals surface area contributed by atoms with E-state index in [9.17, 15) is 4.39 Å². The number of halogens is 1. The van der Waals surface area contributed by atoms with Gasteiger partial charge in [0.1, 0.15) is 5.82 Å². The van der Waals surface area contributed by atoms with Crippen molar-refractivity contribution in [2.24, 2.45) is 5.92 Å². The third-order valence-corrected chi connectivity index (χ3v) is 3.33. The molecule has 0 aromatic heterocycles. The van der Waals surface area contributed by atoms with Crippen molar-refractivity contribution < 1.29 is 9.13 Å². The summed E-state index contributed by atoms with van der Waals surface area (Å²) in [5.74, 6) is 0.449. The molecule has 0 amide bonds. The van der Waals surface area contributed by atoms with Gasteiger partial charge in [-0.3, -0.25) is 0 Å². The quantitative estimate of drug-likeness (QED) is 0.631. The summed E-state index contributed by atoms with van der Waals surface area (Å²) >= 11 is 0. The van der Waals surface area contributed by atoms with Crippen LogP contribution in [0.2, 0.25) is 0 Å². The van der Waals surface area contributed by atoms with Gasteiger partial charge in [-0.25, -0.2) is 4.39 Å². The predicted molar refractivity (Wildman–Crippen MR) is 79.0 cm³/mol. The number of nitrogens with one attached hydrogen (secondary N) is 1. The van der Waals surface area contributed by atoms with Crippen molar-refractivity contribution >= 4 is 5.69 Å². The van der Waals surface area contributed by atoms with Gasteiger partial charge in [-0.15, -0.1) is 0 Å². The van der Waals surface area contributed by atoms with Crippen molar-refractivity contribution in [3.05, 3.63) is 30.1 Å². The number of anilines is 1. The lowest BCUT2D eigenvalue weighted by Gasteiger charge is -2.15. The maximum absolute atomic E-state index is 13.3. The van der Waals surface area contributed by atoms with Crippen LogP contribution in [0, 0.1) is 11.7 Å². The van der Waals surface area contributed by atoms with E-state index in [1.807, 2.05) is 6.07 Å². The Labute approximate surface area is 116 Å². The van der Waals surface area contributed by atoms with Gasteiger partial charge in [0.2, 0.25) is 0 Å². The Morgan fingerprint density at radius 2 is 2.05 bits per heavy atom. The van der Waals surface area contributed by atoms with E-state index in [4.69, 9.17) is 4.74 Å².